The smallest absolute Gasteiger partial charge is 0.407 e. The van der Waals surface area contributed by atoms with E-state index in [-0.39, 0.29) is 5.54 Å². The second kappa shape index (κ2) is 9.01. The summed E-state index contributed by atoms with van der Waals surface area (Å²) in [7, 11) is 0. The number of hydrogen-bond donors (Lipinski definition) is 3. The third-order valence-electron chi connectivity index (χ3n) is 9.06. The number of alkyl carbamates (subject to hydrolysis) is 1. The zero-order chi connectivity index (χ0) is 26.8. The Kier molecular flexibility index (Phi) is 5.37. The molecule has 4 saturated carbocycles. The van der Waals surface area contributed by atoms with E-state index in [2.05, 4.69) is 35.8 Å². The molecule has 9 rings (SSSR count). The summed E-state index contributed by atoms with van der Waals surface area (Å²) in [5.74, 6) is 1.44. The molecule has 5 aliphatic rings. The van der Waals surface area contributed by atoms with Crippen molar-refractivity contribution in [2.75, 3.05) is 18.4 Å². The predicted molar refractivity (Wildman–Crippen MR) is 142 cm³/mol. The summed E-state index contributed by atoms with van der Waals surface area (Å²) in [6.07, 6.45) is 9.07. The zero-order valence-corrected chi connectivity index (χ0v) is 21.9. The molecule has 12 nitrogen and oxygen atoms in total. The molecule has 0 spiro atoms. The molecule has 5 fully saturated rings. The van der Waals surface area contributed by atoms with E-state index in [1.165, 1.54) is 0 Å². The number of anilines is 2. The van der Waals surface area contributed by atoms with Crippen LogP contribution in [0.3, 0.4) is 0 Å². The normalized spacial score (nSPS) is 29.5. The van der Waals surface area contributed by atoms with Crippen LogP contribution in [0, 0.1) is 5.92 Å². The van der Waals surface area contributed by atoms with E-state index in [1.807, 2.05) is 39.8 Å². The Morgan fingerprint density at radius 3 is 2.88 bits per heavy atom. The molecule has 13 heteroatoms. The van der Waals surface area contributed by atoms with Crippen LogP contribution >= 0.6 is 0 Å². The highest BCUT2D eigenvalue weighted by Crippen LogP contribution is 2.57. The molecule has 3 atom stereocenters. The summed E-state index contributed by atoms with van der Waals surface area (Å²) in [5, 5.41) is 17.8. The number of H-pyrrole nitrogens is 1. The summed E-state index contributed by atoms with van der Waals surface area (Å²) < 4.78 is 24.7. The van der Waals surface area contributed by atoms with Gasteiger partial charge in [0.05, 0.1) is 11.7 Å². The largest absolute Gasteiger partial charge is 0.443 e. The van der Waals surface area contributed by atoms with Gasteiger partial charge in [-0.15, -0.1) is 0 Å². The van der Waals surface area contributed by atoms with Gasteiger partial charge < -0.3 is 15.4 Å². The topological polar surface area (TPSA) is 130 Å². The minimum atomic E-state index is -1.29. The van der Waals surface area contributed by atoms with E-state index in [0.717, 1.165) is 56.2 Å². The molecular formula is C27H31FN10O2. The number of aromatic nitrogens is 7. The lowest BCUT2D eigenvalue weighted by atomic mass is 9.50. The van der Waals surface area contributed by atoms with Crippen LogP contribution in [-0.4, -0.2) is 76.2 Å². The molecule has 2 bridgehead atoms. The molecule has 0 unspecified atom stereocenters. The molecule has 0 radical (unpaired) electrons. The zero-order valence-electron chi connectivity index (χ0n) is 21.9. The van der Waals surface area contributed by atoms with Gasteiger partial charge in [0.15, 0.2) is 5.82 Å². The molecule has 0 aromatic carbocycles. The van der Waals surface area contributed by atoms with Crippen molar-refractivity contribution in [2.24, 2.45) is 5.92 Å². The molecular weight excluding hydrogens is 515 g/mol. The number of ether oxygens (including phenoxy) is 1. The van der Waals surface area contributed by atoms with Gasteiger partial charge in [-0.2, -0.15) is 10.2 Å². The Labute approximate surface area is 229 Å². The lowest BCUT2D eigenvalue weighted by molar-refractivity contribution is -0.0532. The van der Waals surface area contributed by atoms with Gasteiger partial charge in [0.1, 0.15) is 17.9 Å². The number of carbonyl (C=O) groups excluding carboxylic acids is 1. The maximum absolute atomic E-state index is 15.3. The van der Waals surface area contributed by atoms with Crippen LogP contribution in [0.4, 0.5) is 21.0 Å². The second-order valence-electron chi connectivity index (χ2n) is 11.9. The first kappa shape index (κ1) is 23.9. The van der Waals surface area contributed by atoms with Crippen LogP contribution in [0.5, 0.6) is 0 Å². The monoisotopic (exact) mass is 546 g/mol. The number of nitrogens with one attached hydrogen (secondary N) is 3. The Morgan fingerprint density at radius 2 is 2.10 bits per heavy atom. The molecule has 4 aromatic rings. The van der Waals surface area contributed by atoms with Gasteiger partial charge in [0, 0.05) is 67.6 Å². The van der Waals surface area contributed by atoms with Crippen molar-refractivity contribution in [2.45, 2.75) is 68.4 Å². The number of rotatable bonds is 8. The number of aromatic amines is 1. The maximum Gasteiger partial charge on any atom is 0.407 e. The molecule has 4 aromatic heterocycles. The number of fused-ring (bicyclic) bond motifs is 1. The number of imidazole rings is 1. The fourth-order valence-electron chi connectivity index (χ4n) is 6.79. The Morgan fingerprint density at radius 1 is 1.23 bits per heavy atom. The number of nitrogens with zero attached hydrogens (tertiary/aromatic N) is 7. The maximum atomic E-state index is 15.3. The number of halogens is 1. The second-order valence-corrected chi connectivity index (χ2v) is 11.9. The summed E-state index contributed by atoms with van der Waals surface area (Å²) in [6.45, 7) is 2.61. The molecule has 208 valence electrons. The lowest BCUT2D eigenvalue weighted by Crippen LogP contribution is -2.68. The predicted octanol–water partition coefficient (Wildman–Crippen LogP) is 3.31. The summed E-state index contributed by atoms with van der Waals surface area (Å²) in [6, 6.07) is 6.02. The third-order valence-corrected chi connectivity index (χ3v) is 9.06. The summed E-state index contributed by atoms with van der Waals surface area (Å²) >= 11 is 0. The molecule has 1 saturated heterocycles. The standard InChI is InChI=1S/C27H31FN10O2/c28-24-19(2-3-21(24)40-26(39)33-27-9-16(10-27)11-27)20-8-22(35-34-20)32-25-29-6-4-23-31-17(13-37(23)25)12-36-14-18(15-36)38-7-1-5-30-38/h1,4-8,13,16,18-19,21,24H,2-3,9-12,14-15H2,(H,33,39)(H2,29,32,34,35)/t16?,19-,21-,24+,27?/m0/s1. The van der Waals surface area contributed by atoms with E-state index in [4.69, 9.17) is 9.72 Å². The van der Waals surface area contributed by atoms with Crippen LogP contribution in [0.1, 0.15) is 55.5 Å². The van der Waals surface area contributed by atoms with Gasteiger partial charge in [-0.1, -0.05) is 0 Å². The highest BCUT2D eigenvalue weighted by molar-refractivity contribution is 5.69. The minimum absolute atomic E-state index is 0.0823. The van der Waals surface area contributed by atoms with Crippen molar-refractivity contribution in [3.8, 4) is 0 Å². The number of likely N-dealkylation sites (tertiary alicyclic amines) is 1. The van der Waals surface area contributed by atoms with E-state index < -0.39 is 24.3 Å². The van der Waals surface area contributed by atoms with Crippen LogP contribution in [0.15, 0.2) is 43.0 Å². The Hall–Kier alpha value is -4.00. The fraction of sp³-hybridized carbons (Fsp3) is 0.519. The van der Waals surface area contributed by atoms with E-state index in [9.17, 15) is 4.79 Å². The fourth-order valence-corrected chi connectivity index (χ4v) is 6.79. The number of hydrogen-bond acceptors (Lipinski definition) is 8. The van der Waals surface area contributed by atoms with Gasteiger partial charge in [-0.05, 0) is 50.2 Å². The van der Waals surface area contributed by atoms with E-state index in [1.54, 1.807) is 12.3 Å². The van der Waals surface area contributed by atoms with Crippen LogP contribution in [0.25, 0.3) is 5.65 Å². The Bertz CT molecular complexity index is 1530. The summed E-state index contributed by atoms with van der Waals surface area (Å²) in [4.78, 5) is 23.9. The van der Waals surface area contributed by atoms with Crippen molar-refractivity contribution in [1.82, 2.24) is 44.6 Å². The first-order valence-corrected chi connectivity index (χ1v) is 14.0. The number of alkyl halides is 1. The van der Waals surface area contributed by atoms with Gasteiger partial charge in [-0.25, -0.2) is 19.2 Å². The summed E-state index contributed by atoms with van der Waals surface area (Å²) in [5.41, 5.74) is 2.32. The molecule has 5 heterocycles. The van der Waals surface area contributed by atoms with Crippen molar-refractivity contribution >= 4 is 23.5 Å². The van der Waals surface area contributed by atoms with Gasteiger partial charge >= 0.3 is 6.09 Å². The molecule has 1 amide bonds. The van der Waals surface area contributed by atoms with Crippen molar-refractivity contribution < 1.29 is 13.9 Å². The molecule has 1 aliphatic heterocycles. The van der Waals surface area contributed by atoms with Crippen LogP contribution < -0.4 is 10.6 Å². The minimum Gasteiger partial charge on any atom is -0.443 e. The average molecular weight is 547 g/mol. The van der Waals surface area contributed by atoms with Crippen molar-refractivity contribution in [3.05, 3.63) is 54.4 Å². The van der Waals surface area contributed by atoms with E-state index >= 15 is 4.39 Å². The third kappa shape index (κ3) is 4.10. The molecule has 3 N–H and O–H groups in total. The van der Waals surface area contributed by atoms with Gasteiger partial charge in [0.2, 0.25) is 5.95 Å². The van der Waals surface area contributed by atoms with Crippen LogP contribution in [-0.2, 0) is 11.3 Å². The van der Waals surface area contributed by atoms with Crippen LogP contribution in [0.2, 0.25) is 0 Å². The molecule has 40 heavy (non-hydrogen) atoms. The lowest BCUT2D eigenvalue weighted by Gasteiger charge is -2.61. The SMILES string of the molecule is O=C(NC12CC(C1)C2)O[C@H]1CC[C@@H](c2cc(Nc3nccc4nc(CN5CC(n6cccn6)C5)cn34)n[nH]2)[C@H]1F. The van der Waals surface area contributed by atoms with Crippen molar-refractivity contribution in [1.29, 1.82) is 0 Å². The molecule has 4 aliphatic carbocycles. The first-order valence-electron chi connectivity index (χ1n) is 14.0. The number of amides is 1. The highest BCUT2D eigenvalue weighted by atomic mass is 19.1. The number of carbonyl (C=O) groups is 1. The quantitative estimate of drug-likeness (QED) is 0.307. The van der Waals surface area contributed by atoms with Crippen molar-refractivity contribution in [3.63, 3.8) is 0 Å². The first-order chi connectivity index (χ1) is 19.5. The van der Waals surface area contributed by atoms with E-state index in [0.29, 0.717) is 36.3 Å². The Balaban J connectivity index is 0.897. The highest BCUT2D eigenvalue weighted by Gasteiger charge is 2.58. The average Bonchev–Trinajstić information content (AvgIpc) is 3.66. The van der Waals surface area contributed by atoms with Gasteiger partial charge in [-0.3, -0.25) is 19.1 Å². The van der Waals surface area contributed by atoms with Gasteiger partial charge in [0.25, 0.3) is 0 Å².